The van der Waals surface area contributed by atoms with Crippen LogP contribution in [0, 0.1) is 16.0 Å². The van der Waals surface area contributed by atoms with Gasteiger partial charge in [0.2, 0.25) is 5.91 Å². The van der Waals surface area contributed by atoms with E-state index in [9.17, 15) is 32.9 Å². The highest BCUT2D eigenvalue weighted by Gasteiger charge is 2.30. The van der Waals surface area contributed by atoms with Gasteiger partial charge < -0.3 is 19.6 Å². The Morgan fingerprint density at radius 1 is 1.04 bits per heavy atom. The van der Waals surface area contributed by atoms with E-state index in [0.717, 1.165) is 25.0 Å². The van der Waals surface area contributed by atoms with E-state index in [1.165, 1.54) is 50.3 Å². The van der Waals surface area contributed by atoms with Crippen LogP contribution in [0.1, 0.15) is 82.8 Å². The summed E-state index contributed by atoms with van der Waals surface area (Å²) >= 11 is 0. The number of halogens is 3. The van der Waals surface area contributed by atoms with E-state index in [-0.39, 0.29) is 24.0 Å². The maximum atomic E-state index is 12.5. The molecule has 1 atom stereocenters. The molecule has 9 nitrogen and oxygen atoms in total. The normalized spacial score (nSPS) is 14.3. The first-order valence-corrected chi connectivity index (χ1v) is 15.4. The summed E-state index contributed by atoms with van der Waals surface area (Å²) in [6.07, 6.45) is 12.9. The number of alkyl halides is 3. The van der Waals surface area contributed by atoms with Gasteiger partial charge in [-0.3, -0.25) is 4.79 Å². The molecule has 1 fully saturated rings. The van der Waals surface area contributed by atoms with Gasteiger partial charge >= 0.3 is 12.1 Å². The lowest BCUT2D eigenvalue weighted by Crippen LogP contribution is -2.40. The monoisotopic (exact) mass is 648 g/mol. The van der Waals surface area contributed by atoms with E-state index in [0.29, 0.717) is 30.9 Å². The van der Waals surface area contributed by atoms with Crippen molar-refractivity contribution in [3.05, 3.63) is 94.1 Å². The van der Waals surface area contributed by atoms with Gasteiger partial charge in [-0.05, 0) is 87.8 Å². The van der Waals surface area contributed by atoms with Crippen molar-refractivity contribution in [1.29, 1.82) is 0 Å². The smallest absolute Gasteiger partial charge is 0.416 e. The van der Waals surface area contributed by atoms with Crippen LogP contribution in [0.15, 0.2) is 72.8 Å². The lowest BCUT2D eigenvalue weighted by molar-refractivity contribution is -0.763. The predicted octanol–water partition coefficient (Wildman–Crippen LogP) is 8.16. The molecule has 2 aromatic rings. The Labute approximate surface area is 267 Å². The van der Waals surface area contributed by atoms with Crippen molar-refractivity contribution in [2.24, 2.45) is 5.92 Å². The van der Waals surface area contributed by atoms with Crippen LogP contribution < -0.4 is 14.8 Å². The summed E-state index contributed by atoms with van der Waals surface area (Å²) in [4.78, 5) is 38.1. The van der Waals surface area contributed by atoms with Gasteiger partial charge in [0.1, 0.15) is 24.1 Å². The van der Waals surface area contributed by atoms with Gasteiger partial charge in [-0.2, -0.15) is 13.2 Å². The van der Waals surface area contributed by atoms with E-state index in [2.05, 4.69) is 22.3 Å². The molecule has 1 aliphatic rings. The van der Waals surface area contributed by atoms with E-state index >= 15 is 0 Å². The molecule has 0 bridgehead atoms. The zero-order valence-electron chi connectivity index (χ0n) is 26.3. The fourth-order valence-electron chi connectivity index (χ4n) is 4.53. The van der Waals surface area contributed by atoms with E-state index in [1.54, 1.807) is 25.1 Å². The Morgan fingerprint density at radius 2 is 1.76 bits per heavy atom. The minimum absolute atomic E-state index is 0.180. The molecule has 1 N–H and O–H groups in total. The van der Waals surface area contributed by atoms with Gasteiger partial charge in [-0.15, -0.1) is 10.1 Å². The average molecular weight is 649 g/mol. The van der Waals surface area contributed by atoms with Crippen molar-refractivity contribution in [2.45, 2.75) is 90.5 Å². The Hall–Kier alpha value is -4.35. The fourth-order valence-corrected chi connectivity index (χ4v) is 4.53. The number of amides is 1. The molecule has 252 valence electrons. The number of benzene rings is 2. The third-order valence-electron chi connectivity index (χ3n) is 6.99. The van der Waals surface area contributed by atoms with Gasteiger partial charge in [0, 0.05) is 6.42 Å². The molecule has 3 rings (SSSR count). The van der Waals surface area contributed by atoms with Crippen LogP contribution in [-0.2, 0) is 27.2 Å². The van der Waals surface area contributed by atoms with Crippen LogP contribution in [0.2, 0.25) is 0 Å². The first kappa shape index (κ1) is 37.8. The largest absolute Gasteiger partial charge is 0.493 e. The number of hydrogen-bond donors (Lipinski definition) is 1. The Kier molecular flexibility index (Phi) is 17.0. The molecule has 1 amide bonds. The molecule has 0 radical (unpaired) electrons. The number of rotatable bonds is 15. The van der Waals surface area contributed by atoms with Crippen LogP contribution in [-0.4, -0.2) is 29.6 Å². The second-order valence-corrected chi connectivity index (χ2v) is 10.8. The highest BCUT2D eigenvalue weighted by Crippen LogP contribution is 2.31. The van der Waals surface area contributed by atoms with Crippen LogP contribution in [0.3, 0.4) is 0 Å². The van der Waals surface area contributed by atoms with Crippen LogP contribution in [0.5, 0.6) is 11.5 Å². The Bertz CT molecular complexity index is 1270. The SMILES string of the molecule is C/C=C\CCCC(=O)NC(C)C(=O)Oc1ccc(CO[N+](=O)[O-])cc1.FC(F)(F)c1cccc(OCC/C=C/C2CCCCC2)c1. The van der Waals surface area contributed by atoms with Crippen LogP contribution in [0.4, 0.5) is 13.2 Å². The van der Waals surface area contributed by atoms with Crippen LogP contribution in [0.25, 0.3) is 0 Å². The minimum atomic E-state index is -4.32. The molecule has 0 aliphatic heterocycles. The van der Waals surface area contributed by atoms with Gasteiger partial charge in [0.05, 0.1) is 12.2 Å². The number of ether oxygens (including phenoxy) is 2. The number of nitrogens with zero attached hydrogens (tertiary/aromatic N) is 1. The Morgan fingerprint density at radius 3 is 2.41 bits per heavy atom. The van der Waals surface area contributed by atoms with Crippen LogP contribution >= 0.6 is 0 Å². The van der Waals surface area contributed by atoms with Crippen molar-refractivity contribution in [1.82, 2.24) is 5.32 Å². The maximum absolute atomic E-state index is 12.5. The molecular formula is C34H43F3N2O7. The van der Waals surface area contributed by atoms with Gasteiger partial charge in [0.25, 0.3) is 5.09 Å². The summed E-state index contributed by atoms with van der Waals surface area (Å²) in [6.45, 7) is 3.69. The summed E-state index contributed by atoms with van der Waals surface area (Å²) in [5, 5.41) is 11.8. The highest BCUT2D eigenvalue weighted by atomic mass is 19.4. The fraction of sp³-hybridized carbons (Fsp3) is 0.471. The summed E-state index contributed by atoms with van der Waals surface area (Å²) in [5.41, 5.74) is -0.100. The number of carbonyl (C=O) groups is 2. The molecule has 12 heteroatoms. The molecule has 2 aromatic carbocycles. The molecule has 46 heavy (non-hydrogen) atoms. The number of hydrogen-bond acceptors (Lipinski definition) is 7. The lowest BCUT2D eigenvalue weighted by Gasteiger charge is -2.17. The second kappa shape index (κ2) is 20.6. The summed E-state index contributed by atoms with van der Waals surface area (Å²) < 4.78 is 48.2. The molecule has 1 aliphatic carbocycles. The molecule has 0 heterocycles. The molecule has 0 spiro atoms. The quantitative estimate of drug-likeness (QED) is 0.0517. The molecule has 1 unspecified atom stereocenters. The maximum Gasteiger partial charge on any atom is 0.416 e. The standard InChI is InChI=1S/C17H21F3O.C17H22N2O6/c18-17(19,20)15-10-6-11-16(13-15)21-12-5-4-9-14-7-2-1-3-8-14;1-3-4-5-6-7-16(20)18-13(2)17(21)25-15-10-8-14(9-11-15)12-24-19(22)23/h4,6,9-11,13-14H,1-3,5,7-8,12H2;3-4,8-11,13H,5-7,12H2,1-2H3,(H,18,20)/b9-4+;4-3-. The van der Waals surface area contributed by atoms with Gasteiger partial charge in [-0.25, -0.2) is 4.79 Å². The number of esters is 1. The van der Waals surface area contributed by atoms with Crippen molar-refractivity contribution in [3.8, 4) is 11.5 Å². The summed E-state index contributed by atoms with van der Waals surface area (Å²) in [7, 11) is 0. The Balaban J connectivity index is 0.000000324. The van der Waals surface area contributed by atoms with Crippen molar-refractivity contribution >= 4 is 11.9 Å². The zero-order valence-corrected chi connectivity index (χ0v) is 26.3. The number of carbonyl (C=O) groups excluding carboxylic acids is 2. The molecule has 0 aromatic heterocycles. The van der Waals surface area contributed by atoms with Crippen molar-refractivity contribution < 1.29 is 42.2 Å². The van der Waals surface area contributed by atoms with Crippen molar-refractivity contribution in [3.63, 3.8) is 0 Å². The van der Waals surface area contributed by atoms with Crippen molar-refractivity contribution in [2.75, 3.05) is 6.61 Å². The first-order chi connectivity index (χ1) is 22.0. The summed E-state index contributed by atoms with van der Waals surface area (Å²) in [5.74, 6) is 0.435. The van der Waals surface area contributed by atoms with Gasteiger partial charge in [0.15, 0.2) is 0 Å². The third-order valence-corrected chi connectivity index (χ3v) is 6.99. The topological polar surface area (TPSA) is 117 Å². The molecule has 1 saturated carbocycles. The average Bonchev–Trinajstić information content (AvgIpc) is 3.03. The van der Waals surface area contributed by atoms with Gasteiger partial charge in [-0.1, -0.05) is 61.8 Å². The molecule has 0 saturated heterocycles. The molecular weight excluding hydrogens is 605 g/mol. The first-order valence-electron chi connectivity index (χ1n) is 15.4. The van der Waals surface area contributed by atoms with E-state index in [1.807, 2.05) is 19.1 Å². The predicted molar refractivity (Wildman–Crippen MR) is 167 cm³/mol. The lowest BCUT2D eigenvalue weighted by atomic mass is 9.89. The number of unbranched alkanes of at least 4 members (excludes halogenated alkanes) is 1. The van der Waals surface area contributed by atoms with E-state index in [4.69, 9.17) is 9.47 Å². The number of allylic oxidation sites excluding steroid dienone is 3. The highest BCUT2D eigenvalue weighted by molar-refractivity contribution is 5.85. The summed E-state index contributed by atoms with van der Waals surface area (Å²) in [6, 6.07) is 10.4. The third kappa shape index (κ3) is 16.1. The zero-order chi connectivity index (χ0) is 33.8. The van der Waals surface area contributed by atoms with E-state index < -0.39 is 28.8 Å². The number of nitrogens with one attached hydrogen (secondary N) is 1. The minimum Gasteiger partial charge on any atom is -0.493 e. The second-order valence-electron chi connectivity index (χ2n) is 10.8.